The lowest BCUT2D eigenvalue weighted by atomic mass is 10.2. The van der Waals surface area contributed by atoms with Gasteiger partial charge in [0.2, 0.25) is 5.52 Å². The molecule has 0 spiro atoms. The van der Waals surface area contributed by atoms with Gasteiger partial charge in [-0.25, -0.2) is 4.79 Å². The Morgan fingerprint density at radius 1 is 0.857 bits per heavy atom. The third-order valence-corrected chi connectivity index (χ3v) is 3.16. The number of pyridine rings is 1. The van der Waals surface area contributed by atoms with E-state index >= 15 is 0 Å². The van der Waals surface area contributed by atoms with Crippen molar-refractivity contribution in [2.75, 3.05) is 0 Å². The highest BCUT2D eigenvalue weighted by atomic mass is 79.9. The topological polar surface area (TPSA) is 20.9 Å². The third-order valence-electron chi connectivity index (χ3n) is 3.16. The van der Waals surface area contributed by atoms with Crippen molar-refractivity contribution in [1.29, 1.82) is 0 Å². The molecule has 0 atom stereocenters. The maximum Gasteiger partial charge on any atom is 0.417 e. The Bertz CT molecular complexity index is 776. The van der Waals surface area contributed by atoms with Gasteiger partial charge < -0.3 is 17.0 Å². The normalized spacial score (nSPS) is 10.5. The molecule has 0 unspecified atom stereocenters. The zero-order valence-corrected chi connectivity index (χ0v) is 12.9. The van der Waals surface area contributed by atoms with Gasteiger partial charge in [0.15, 0.2) is 6.20 Å². The number of aromatic nitrogens is 1. The van der Waals surface area contributed by atoms with E-state index in [9.17, 15) is 4.79 Å². The van der Waals surface area contributed by atoms with E-state index in [1.54, 1.807) is 16.8 Å². The van der Waals surface area contributed by atoms with Crippen LogP contribution >= 0.6 is 0 Å². The van der Waals surface area contributed by atoms with Crippen molar-refractivity contribution >= 4 is 22.9 Å². The predicted molar refractivity (Wildman–Crippen MR) is 80.2 cm³/mol. The molecule has 1 aromatic heterocycles. The van der Waals surface area contributed by atoms with Crippen LogP contribution in [0.4, 0.5) is 0 Å². The lowest BCUT2D eigenvalue weighted by Gasteiger charge is -1.96. The molecule has 0 bridgehead atoms. The van der Waals surface area contributed by atoms with Crippen LogP contribution in [-0.2, 0) is 0 Å². The van der Waals surface area contributed by atoms with Crippen LogP contribution in [0.3, 0.4) is 0 Å². The Labute approximate surface area is 134 Å². The molecule has 0 saturated heterocycles. The van der Waals surface area contributed by atoms with Gasteiger partial charge in [0.05, 0.1) is 6.08 Å². The average Bonchev–Trinajstić information content (AvgIpc) is 2.53. The largest absolute Gasteiger partial charge is 1.00 e. The van der Waals surface area contributed by atoms with E-state index in [2.05, 4.69) is 0 Å². The Kier molecular flexibility index (Phi) is 5.01. The number of para-hydroxylation sites is 1. The molecule has 0 saturated carbocycles. The van der Waals surface area contributed by atoms with E-state index in [4.69, 9.17) is 0 Å². The highest BCUT2D eigenvalue weighted by Crippen LogP contribution is 2.08. The SMILES string of the molecule is O=C(/C=C/c1ccccc1)[n+]1cccc2ccccc21.[Br-]. The summed E-state index contributed by atoms with van der Waals surface area (Å²) in [5.41, 5.74) is 1.93. The first-order chi connectivity index (χ1) is 9.84. The average molecular weight is 340 g/mol. The summed E-state index contributed by atoms with van der Waals surface area (Å²) in [7, 11) is 0. The van der Waals surface area contributed by atoms with Crippen molar-refractivity contribution < 1.29 is 26.3 Å². The van der Waals surface area contributed by atoms with Crippen molar-refractivity contribution in [2.45, 2.75) is 0 Å². The molecule has 0 aliphatic rings. The van der Waals surface area contributed by atoms with E-state index < -0.39 is 0 Å². The first-order valence-electron chi connectivity index (χ1n) is 6.51. The van der Waals surface area contributed by atoms with E-state index in [1.165, 1.54) is 0 Å². The first kappa shape index (κ1) is 15.1. The monoisotopic (exact) mass is 339 g/mol. The van der Waals surface area contributed by atoms with Crippen LogP contribution in [0.2, 0.25) is 0 Å². The number of hydrogen-bond donors (Lipinski definition) is 0. The van der Waals surface area contributed by atoms with E-state index in [0.29, 0.717) is 0 Å². The van der Waals surface area contributed by atoms with Gasteiger partial charge in [0, 0.05) is 17.5 Å². The summed E-state index contributed by atoms with van der Waals surface area (Å²) in [6, 6.07) is 21.5. The van der Waals surface area contributed by atoms with Crippen molar-refractivity contribution in [3.05, 3.63) is 84.6 Å². The highest BCUT2D eigenvalue weighted by molar-refractivity contribution is 5.88. The van der Waals surface area contributed by atoms with Crippen LogP contribution in [0, 0.1) is 0 Å². The molecule has 1 heterocycles. The van der Waals surface area contributed by atoms with Crippen LogP contribution in [0.5, 0.6) is 0 Å². The van der Waals surface area contributed by atoms with Crippen LogP contribution in [0.1, 0.15) is 10.4 Å². The fourth-order valence-corrected chi connectivity index (χ4v) is 2.17. The first-order valence-corrected chi connectivity index (χ1v) is 6.51. The molecule has 2 nitrogen and oxygen atoms in total. The van der Waals surface area contributed by atoms with Gasteiger partial charge in [-0.15, -0.1) is 4.57 Å². The lowest BCUT2D eigenvalue weighted by molar-refractivity contribution is -0.541. The molecule has 0 radical (unpaired) electrons. The van der Waals surface area contributed by atoms with E-state index in [1.807, 2.05) is 72.8 Å². The summed E-state index contributed by atoms with van der Waals surface area (Å²) < 4.78 is 1.66. The molecule has 0 aliphatic carbocycles. The molecular formula is C18H14BrNO. The van der Waals surface area contributed by atoms with Gasteiger partial charge >= 0.3 is 5.91 Å². The molecule has 0 N–H and O–H groups in total. The zero-order valence-electron chi connectivity index (χ0n) is 11.3. The number of nitrogens with zero attached hydrogens (tertiary/aromatic N) is 1. The van der Waals surface area contributed by atoms with Gasteiger partial charge in [-0.3, -0.25) is 0 Å². The predicted octanol–water partition coefficient (Wildman–Crippen LogP) is 0.485. The van der Waals surface area contributed by atoms with Gasteiger partial charge in [0.1, 0.15) is 0 Å². The summed E-state index contributed by atoms with van der Waals surface area (Å²) in [5.74, 6) is -0.0503. The number of allylic oxidation sites excluding steroid dienone is 1. The molecule has 0 amide bonds. The van der Waals surface area contributed by atoms with Gasteiger partial charge in [-0.2, -0.15) is 0 Å². The van der Waals surface area contributed by atoms with Crippen molar-refractivity contribution in [1.82, 2.24) is 0 Å². The Morgan fingerprint density at radius 3 is 2.33 bits per heavy atom. The summed E-state index contributed by atoms with van der Waals surface area (Å²) >= 11 is 0. The number of halogens is 1. The van der Waals surface area contributed by atoms with E-state index in [0.717, 1.165) is 16.5 Å². The Hall–Kier alpha value is -2.26. The molecule has 2 aromatic carbocycles. The van der Waals surface area contributed by atoms with Gasteiger partial charge in [-0.05, 0) is 23.8 Å². The molecule has 21 heavy (non-hydrogen) atoms. The van der Waals surface area contributed by atoms with Gasteiger partial charge in [-0.1, -0.05) is 42.5 Å². The number of carbonyl (C=O) groups is 1. The minimum absolute atomic E-state index is 0. The highest BCUT2D eigenvalue weighted by Gasteiger charge is 2.14. The quantitative estimate of drug-likeness (QED) is 0.491. The molecule has 3 heteroatoms. The number of carbonyl (C=O) groups excluding carboxylic acids is 1. The van der Waals surface area contributed by atoms with Crippen LogP contribution in [0.15, 0.2) is 79.0 Å². The molecular weight excluding hydrogens is 326 g/mol. The minimum Gasteiger partial charge on any atom is -1.00 e. The smallest absolute Gasteiger partial charge is 0.417 e. The van der Waals surface area contributed by atoms with Crippen LogP contribution in [-0.4, -0.2) is 5.91 Å². The minimum atomic E-state index is -0.0503. The lowest BCUT2D eigenvalue weighted by Crippen LogP contribution is -3.00. The second-order valence-electron chi connectivity index (χ2n) is 4.52. The molecule has 3 aromatic rings. The van der Waals surface area contributed by atoms with E-state index in [-0.39, 0.29) is 22.9 Å². The second kappa shape index (κ2) is 6.95. The third kappa shape index (κ3) is 3.44. The van der Waals surface area contributed by atoms with Crippen LogP contribution in [0.25, 0.3) is 17.0 Å². The van der Waals surface area contributed by atoms with Crippen molar-refractivity contribution in [2.24, 2.45) is 0 Å². The zero-order chi connectivity index (χ0) is 13.8. The van der Waals surface area contributed by atoms with Gasteiger partial charge in [0.25, 0.3) is 0 Å². The van der Waals surface area contributed by atoms with Crippen LogP contribution < -0.4 is 21.5 Å². The molecule has 104 valence electrons. The second-order valence-corrected chi connectivity index (χ2v) is 4.52. The summed E-state index contributed by atoms with van der Waals surface area (Å²) in [6.07, 6.45) is 5.22. The summed E-state index contributed by atoms with van der Waals surface area (Å²) in [5, 5.41) is 1.05. The molecule has 0 fully saturated rings. The summed E-state index contributed by atoms with van der Waals surface area (Å²) in [4.78, 5) is 12.3. The summed E-state index contributed by atoms with van der Waals surface area (Å²) in [6.45, 7) is 0. The molecule has 0 aliphatic heterocycles. The Morgan fingerprint density at radius 2 is 1.52 bits per heavy atom. The Balaban J connectivity index is 0.00000161. The maximum atomic E-state index is 12.3. The fraction of sp³-hybridized carbons (Fsp3) is 0. The number of benzene rings is 2. The molecule has 3 rings (SSSR count). The number of hydrogen-bond acceptors (Lipinski definition) is 1. The fourth-order valence-electron chi connectivity index (χ4n) is 2.17. The number of rotatable bonds is 2. The maximum absolute atomic E-state index is 12.3. The van der Waals surface area contributed by atoms with Crippen molar-refractivity contribution in [3.63, 3.8) is 0 Å². The standard InChI is InChI=1S/C18H14NO.BrH/c20-18(13-12-15-7-2-1-3-8-15)19-14-6-10-16-9-4-5-11-17(16)19;/h1-14H;1H/q+1;/p-1/b13-12+;. The number of fused-ring (bicyclic) bond motifs is 1. The van der Waals surface area contributed by atoms with Crippen molar-refractivity contribution in [3.8, 4) is 0 Å².